The highest BCUT2D eigenvalue weighted by Crippen LogP contribution is 2.19. The second-order valence-electron chi connectivity index (χ2n) is 6.06. The Morgan fingerprint density at radius 2 is 1.91 bits per heavy atom. The molecule has 5 heteroatoms. The van der Waals surface area contributed by atoms with Gasteiger partial charge in [0.05, 0.1) is 19.3 Å². The van der Waals surface area contributed by atoms with Crippen molar-refractivity contribution >= 4 is 5.69 Å². The van der Waals surface area contributed by atoms with E-state index in [-0.39, 0.29) is 0 Å². The van der Waals surface area contributed by atoms with E-state index in [0.29, 0.717) is 11.9 Å². The summed E-state index contributed by atoms with van der Waals surface area (Å²) in [7, 11) is 0. The van der Waals surface area contributed by atoms with E-state index in [1.807, 2.05) is 12.1 Å². The summed E-state index contributed by atoms with van der Waals surface area (Å²) in [6.45, 7) is 7.59. The fourth-order valence-corrected chi connectivity index (χ4v) is 3.08. The molecule has 2 aliphatic heterocycles. The highest BCUT2D eigenvalue weighted by molar-refractivity contribution is 5.49. The van der Waals surface area contributed by atoms with Gasteiger partial charge in [-0.05, 0) is 37.1 Å². The van der Waals surface area contributed by atoms with Crippen LogP contribution in [0.2, 0.25) is 0 Å². The summed E-state index contributed by atoms with van der Waals surface area (Å²) in [5, 5.41) is 9.35. The van der Waals surface area contributed by atoms with Gasteiger partial charge in [-0.15, -0.1) is 0 Å². The van der Waals surface area contributed by atoms with Gasteiger partial charge >= 0.3 is 0 Å². The molecule has 5 nitrogen and oxygen atoms in total. The normalized spacial score (nSPS) is 23.1. The number of rotatable bonds is 6. The summed E-state index contributed by atoms with van der Waals surface area (Å²) in [5.74, 6) is 0.325. The average molecular weight is 306 g/mol. The minimum Gasteiger partial charge on any atom is -0.508 e. The molecule has 1 unspecified atom stereocenters. The number of ether oxygens (including phenoxy) is 2. The van der Waals surface area contributed by atoms with Crippen LogP contribution in [0.1, 0.15) is 12.8 Å². The van der Waals surface area contributed by atoms with Crippen molar-refractivity contribution in [3.8, 4) is 5.75 Å². The molecule has 22 heavy (non-hydrogen) atoms. The van der Waals surface area contributed by atoms with Crippen LogP contribution in [0.25, 0.3) is 0 Å². The van der Waals surface area contributed by atoms with Crippen LogP contribution in [0.4, 0.5) is 5.69 Å². The molecule has 0 bridgehead atoms. The highest BCUT2D eigenvalue weighted by Gasteiger charge is 2.18. The van der Waals surface area contributed by atoms with Gasteiger partial charge in [-0.2, -0.15) is 0 Å². The van der Waals surface area contributed by atoms with Gasteiger partial charge in [0, 0.05) is 45.0 Å². The summed E-state index contributed by atoms with van der Waals surface area (Å²) in [6.07, 6.45) is 2.64. The van der Waals surface area contributed by atoms with Crippen LogP contribution in [0, 0.1) is 0 Å². The Labute approximate surface area is 132 Å². The number of hydrogen-bond donors (Lipinski definition) is 1. The van der Waals surface area contributed by atoms with E-state index < -0.39 is 0 Å². The lowest BCUT2D eigenvalue weighted by Gasteiger charge is -2.36. The van der Waals surface area contributed by atoms with E-state index in [9.17, 15) is 5.11 Å². The van der Waals surface area contributed by atoms with E-state index in [2.05, 4.69) is 9.80 Å². The maximum absolute atomic E-state index is 9.35. The third kappa shape index (κ3) is 4.35. The van der Waals surface area contributed by atoms with Gasteiger partial charge in [-0.3, -0.25) is 4.90 Å². The minimum absolute atomic E-state index is 0.325. The molecular weight excluding hydrogens is 280 g/mol. The lowest BCUT2D eigenvalue weighted by molar-refractivity contribution is 0.0101. The Kier molecular flexibility index (Phi) is 5.53. The van der Waals surface area contributed by atoms with E-state index in [0.717, 1.165) is 59.0 Å². The number of hydrogen-bond acceptors (Lipinski definition) is 5. The Morgan fingerprint density at radius 1 is 1.14 bits per heavy atom. The van der Waals surface area contributed by atoms with E-state index >= 15 is 0 Å². The molecule has 0 amide bonds. The zero-order valence-electron chi connectivity index (χ0n) is 13.1. The van der Waals surface area contributed by atoms with E-state index in [4.69, 9.17) is 9.47 Å². The first kappa shape index (κ1) is 15.6. The molecule has 0 spiro atoms. The van der Waals surface area contributed by atoms with E-state index in [1.54, 1.807) is 12.1 Å². The number of anilines is 1. The first-order chi connectivity index (χ1) is 10.8. The van der Waals surface area contributed by atoms with Gasteiger partial charge in [0.1, 0.15) is 5.75 Å². The molecule has 1 N–H and O–H groups in total. The molecule has 2 heterocycles. The number of benzene rings is 1. The van der Waals surface area contributed by atoms with Crippen LogP contribution >= 0.6 is 0 Å². The first-order valence-corrected chi connectivity index (χ1v) is 8.27. The maximum atomic E-state index is 9.35. The molecule has 1 atom stereocenters. The molecule has 0 saturated carbocycles. The summed E-state index contributed by atoms with van der Waals surface area (Å²) >= 11 is 0. The molecule has 0 aromatic heterocycles. The second-order valence-corrected chi connectivity index (χ2v) is 6.06. The summed E-state index contributed by atoms with van der Waals surface area (Å²) in [4.78, 5) is 4.82. The number of phenolic OH excluding ortho intramolecular Hbond substituents is 1. The molecule has 1 aromatic rings. The molecule has 2 fully saturated rings. The predicted octanol–water partition coefficient (Wildman–Crippen LogP) is 1.71. The van der Waals surface area contributed by atoms with Crippen LogP contribution in [-0.4, -0.2) is 68.7 Å². The third-order valence-electron chi connectivity index (χ3n) is 4.47. The fraction of sp³-hybridized carbons (Fsp3) is 0.647. The van der Waals surface area contributed by atoms with Gasteiger partial charge in [-0.25, -0.2) is 0 Å². The van der Waals surface area contributed by atoms with Crippen molar-refractivity contribution in [2.45, 2.75) is 18.9 Å². The number of piperazine rings is 1. The molecule has 1 aromatic carbocycles. The molecule has 2 aliphatic rings. The summed E-state index contributed by atoms with van der Waals surface area (Å²) in [6, 6.07) is 7.46. The van der Waals surface area contributed by atoms with E-state index in [1.165, 1.54) is 12.1 Å². The average Bonchev–Trinajstić information content (AvgIpc) is 3.06. The molecule has 0 radical (unpaired) electrons. The molecule has 122 valence electrons. The van der Waals surface area contributed by atoms with Gasteiger partial charge in [0.25, 0.3) is 0 Å². The van der Waals surface area contributed by atoms with Crippen molar-refractivity contribution in [1.82, 2.24) is 4.90 Å². The second kappa shape index (κ2) is 7.81. The van der Waals surface area contributed by atoms with Gasteiger partial charge in [-0.1, -0.05) is 0 Å². The molecule has 3 rings (SSSR count). The van der Waals surface area contributed by atoms with Crippen molar-refractivity contribution in [2.75, 3.05) is 57.4 Å². The third-order valence-corrected chi connectivity index (χ3v) is 4.47. The maximum Gasteiger partial charge on any atom is 0.115 e. The van der Waals surface area contributed by atoms with Crippen molar-refractivity contribution in [1.29, 1.82) is 0 Å². The smallest absolute Gasteiger partial charge is 0.115 e. The number of nitrogens with zero attached hydrogens (tertiary/aromatic N) is 2. The summed E-state index contributed by atoms with van der Waals surface area (Å²) < 4.78 is 11.3. The van der Waals surface area contributed by atoms with Crippen LogP contribution in [0.3, 0.4) is 0 Å². The van der Waals surface area contributed by atoms with Crippen molar-refractivity contribution in [2.24, 2.45) is 0 Å². The number of phenols is 1. The Morgan fingerprint density at radius 3 is 2.59 bits per heavy atom. The van der Waals surface area contributed by atoms with Gasteiger partial charge < -0.3 is 19.5 Å². The standard InChI is InChI=1S/C17H26N2O3/c20-16-5-3-15(4-6-16)19-9-7-18(8-10-19)11-13-21-14-17-2-1-12-22-17/h3-6,17,20H,1-2,7-14H2. The monoisotopic (exact) mass is 306 g/mol. The minimum atomic E-state index is 0.325. The van der Waals surface area contributed by atoms with Crippen LogP contribution < -0.4 is 4.90 Å². The van der Waals surface area contributed by atoms with Crippen LogP contribution in [0.15, 0.2) is 24.3 Å². The fourth-order valence-electron chi connectivity index (χ4n) is 3.08. The zero-order valence-corrected chi connectivity index (χ0v) is 13.1. The van der Waals surface area contributed by atoms with Crippen LogP contribution in [0.5, 0.6) is 5.75 Å². The van der Waals surface area contributed by atoms with Crippen LogP contribution in [-0.2, 0) is 9.47 Å². The van der Waals surface area contributed by atoms with Gasteiger partial charge in [0.15, 0.2) is 0 Å². The Balaban J connectivity index is 1.32. The van der Waals surface area contributed by atoms with Crippen molar-refractivity contribution < 1.29 is 14.6 Å². The Hall–Kier alpha value is -1.30. The molecular formula is C17H26N2O3. The summed E-state index contributed by atoms with van der Waals surface area (Å²) in [5.41, 5.74) is 1.19. The zero-order chi connectivity index (χ0) is 15.2. The predicted molar refractivity (Wildman–Crippen MR) is 86.6 cm³/mol. The quantitative estimate of drug-likeness (QED) is 0.811. The molecule has 0 aliphatic carbocycles. The Bertz CT molecular complexity index is 438. The van der Waals surface area contributed by atoms with Crippen molar-refractivity contribution in [3.05, 3.63) is 24.3 Å². The SMILES string of the molecule is Oc1ccc(N2CCN(CCOCC3CCCO3)CC2)cc1. The lowest BCUT2D eigenvalue weighted by Crippen LogP contribution is -2.47. The van der Waals surface area contributed by atoms with Crippen molar-refractivity contribution in [3.63, 3.8) is 0 Å². The topological polar surface area (TPSA) is 45.2 Å². The lowest BCUT2D eigenvalue weighted by atomic mass is 10.2. The largest absolute Gasteiger partial charge is 0.508 e. The first-order valence-electron chi connectivity index (χ1n) is 8.27. The number of aromatic hydroxyl groups is 1. The molecule has 2 saturated heterocycles. The highest BCUT2D eigenvalue weighted by atomic mass is 16.5. The van der Waals surface area contributed by atoms with Gasteiger partial charge in [0.2, 0.25) is 0 Å².